The van der Waals surface area contributed by atoms with Crippen LogP contribution in [0.2, 0.25) is 0 Å². The Labute approximate surface area is 159 Å². The molecule has 5 nitrogen and oxygen atoms in total. The molecule has 138 valence electrons. The summed E-state index contributed by atoms with van der Waals surface area (Å²) in [6.07, 6.45) is 2.48. The van der Waals surface area contributed by atoms with Gasteiger partial charge in [-0.1, -0.05) is 35.9 Å². The van der Waals surface area contributed by atoms with E-state index in [0.29, 0.717) is 11.3 Å². The number of amides is 1. The zero-order chi connectivity index (χ0) is 19.1. The molecule has 1 amide bonds. The Kier molecular flexibility index (Phi) is 6.05. The molecule has 0 aliphatic rings. The number of anilines is 2. The predicted molar refractivity (Wildman–Crippen MR) is 109 cm³/mol. The minimum atomic E-state index is -0.141. The van der Waals surface area contributed by atoms with Crippen LogP contribution in [0, 0.1) is 6.92 Å². The van der Waals surface area contributed by atoms with Crippen LogP contribution in [-0.4, -0.2) is 24.5 Å². The van der Waals surface area contributed by atoms with Crippen molar-refractivity contribution in [1.82, 2.24) is 4.98 Å². The lowest BCUT2D eigenvalue weighted by Gasteiger charge is -2.10. The number of hydrogen-bond acceptors (Lipinski definition) is 4. The summed E-state index contributed by atoms with van der Waals surface area (Å²) in [6, 6.07) is 19.2. The fourth-order valence-corrected chi connectivity index (χ4v) is 2.80. The third kappa shape index (κ3) is 5.07. The predicted octanol–water partition coefficient (Wildman–Crippen LogP) is 4.31. The lowest BCUT2D eigenvalue weighted by Crippen LogP contribution is -2.12. The van der Waals surface area contributed by atoms with Gasteiger partial charge in [0.1, 0.15) is 11.6 Å². The van der Waals surface area contributed by atoms with Crippen molar-refractivity contribution < 1.29 is 9.53 Å². The van der Waals surface area contributed by atoms with Gasteiger partial charge in [0.2, 0.25) is 0 Å². The Morgan fingerprint density at radius 3 is 2.67 bits per heavy atom. The second kappa shape index (κ2) is 8.85. The van der Waals surface area contributed by atoms with Gasteiger partial charge in [-0.3, -0.25) is 4.79 Å². The molecule has 2 N–H and O–H groups in total. The van der Waals surface area contributed by atoms with E-state index in [1.807, 2.05) is 55.5 Å². The zero-order valence-electron chi connectivity index (χ0n) is 15.5. The number of para-hydroxylation sites is 1. The quantitative estimate of drug-likeness (QED) is 0.658. The van der Waals surface area contributed by atoms with Gasteiger partial charge < -0.3 is 15.4 Å². The molecule has 2 aromatic carbocycles. The van der Waals surface area contributed by atoms with E-state index in [4.69, 9.17) is 4.74 Å². The fourth-order valence-electron chi connectivity index (χ4n) is 2.80. The highest BCUT2D eigenvalue weighted by atomic mass is 16.5. The van der Waals surface area contributed by atoms with Crippen molar-refractivity contribution in [1.29, 1.82) is 0 Å². The summed E-state index contributed by atoms with van der Waals surface area (Å²) >= 11 is 0. The van der Waals surface area contributed by atoms with E-state index in [-0.39, 0.29) is 5.91 Å². The standard InChI is InChI=1S/C22H23N3O2/c1-16-6-5-8-18(14-16)22(26)25-19-10-11-21(24-15-19)23-13-12-17-7-3-4-9-20(17)27-2/h3-11,14-15H,12-13H2,1-2H3,(H,23,24)(H,25,26). The molecule has 0 unspecified atom stereocenters. The van der Waals surface area contributed by atoms with Gasteiger partial charge >= 0.3 is 0 Å². The SMILES string of the molecule is COc1ccccc1CCNc1ccc(NC(=O)c2cccc(C)c2)cn1. The van der Waals surface area contributed by atoms with E-state index in [9.17, 15) is 4.79 Å². The molecular formula is C22H23N3O2. The topological polar surface area (TPSA) is 63.2 Å². The Hall–Kier alpha value is -3.34. The monoisotopic (exact) mass is 361 g/mol. The fraction of sp³-hybridized carbons (Fsp3) is 0.182. The van der Waals surface area contributed by atoms with Crippen LogP contribution < -0.4 is 15.4 Å². The first-order chi connectivity index (χ1) is 13.2. The number of pyridine rings is 1. The molecule has 27 heavy (non-hydrogen) atoms. The first-order valence-corrected chi connectivity index (χ1v) is 8.85. The molecule has 0 bridgehead atoms. The number of ether oxygens (including phenoxy) is 1. The molecule has 3 aromatic rings. The molecule has 1 aromatic heterocycles. The number of nitrogens with zero attached hydrogens (tertiary/aromatic N) is 1. The molecule has 5 heteroatoms. The number of hydrogen-bond donors (Lipinski definition) is 2. The number of nitrogens with one attached hydrogen (secondary N) is 2. The van der Waals surface area contributed by atoms with Crippen molar-refractivity contribution in [3.05, 3.63) is 83.6 Å². The number of aryl methyl sites for hydroxylation is 1. The maximum Gasteiger partial charge on any atom is 0.255 e. The first kappa shape index (κ1) is 18.5. The number of methoxy groups -OCH3 is 1. The molecule has 0 saturated carbocycles. The number of carbonyl (C=O) groups excluding carboxylic acids is 1. The van der Waals surface area contributed by atoms with Gasteiger partial charge in [0.05, 0.1) is 19.0 Å². The number of aromatic nitrogens is 1. The van der Waals surface area contributed by atoms with Crippen molar-refractivity contribution in [3.8, 4) is 5.75 Å². The third-order valence-electron chi connectivity index (χ3n) is 4.19. The summed E-state index contributed by atoms with van der Waals surface area (Å²) in [5.41, 5.74) is 3.50. The van der Waals surface area contributed by atoms with Gasteiger partial charge in [-0.05, 0) is 49.2 Å². The van der Waals surface area contributed by atoms with Crippen LogP contribution >= 0.6 is 0 Å². The molecule has 3 rings (SSSR count). The van der Waals surface area contributed by atoms with Crippen LogP contribution in [0.25, 0.3) is 0 Å². The van der Waals surface area contributed by atoms with Crippen LogP contribution in [0.5, 0.6) is 5.75 Å². The molecule has 0 saturated heterocycles. The summed E-state index contributed by atoms with van der Waals surface area (Å²) in [5, 5.41) is 6.15. The third-order valence-corrected chi connectivity index (χ3v) is 4.19. The molecule has 0 radical (unpaired) electrons. The maximum absolute atomic E-state index is 12.3. The number of carbonyl (C=O) groups is 1. The van der Waals surface area contributed by atoms with E-state index < -0.39 is 0 Å². The average molecular weight is 361 g/mol. The van der Waals surface area contributed by atoms with Gasteiger partial charge in [-0.15, -0.1) is 0 Å². The number of rotatable bonds is 7. The molecule has 0 aliphatic heterocycles. The highest BCUT2D eigenvalue weighted by molar-refractivity contribution is 6.04. The normalized spacial score (nSPS) is 10.3. The van der Waals surface area contributed by atoms with E-state index in [1.165, 1.54) is 0 Å². The molecule has 0 aliphatic carbocycles. The molecule has 0 atom stereocenters. The summed E-state index contributed by atoms with van der Waals surface area (Å²) in [5.74, 6) is 1.51. The summed E-state index contributed by atoms with van der Waals surface area (Å²) in [6.45, 7) is 2.70. The average Bonchev–Trinajstić information content (AvgIpc) is 2.69. The lowest BCUT2D eigenvalue weighted by molar-refractivity contribution is 0.102. The van der Waals surface area contributed by atoms with E-state index in [2.05, 4.69) is 21.7 Å². The van der Waals surface area contributed by atoms with Gasteiger partial charge in [0, 0.05) is 12.1 Å². The largest absolute Gasteiger partial charge is 0.496 e. The molecular weight excluding hydrogens is 338 g/mol. The lowest BCUT2D eigenvalue weighted by atomic mass is 10.1. The smallest absolute Gasteiger partial charge is 0.255 e. The second-order valence-corrected chi connectivity index (χ2v) is 6.24. The highest BCUT2D eigenvalue weighted by Crippen LogP contribution is 2.18. The van der Waals surface area contributed by atoms with Gasteiger partial charge in [0.25, 0.3) is 5.91 Å². The maximum atomic E-state index is 12.3. The molecule has 0 fully saturated rings. The second-order valence-electron chi connectivity index (χ2n) is 6.24. The Morgan fingerprint density at radius 2 is 1.93 bits per heavy atom. The summed E-state index contributed by atoms with van der Waals surface area (Å²) < 4.78 is 5.36. The van der Waals surface area contributed by atoms with Gasteiger partial charge in [0.15, 0.2) is 0 Å². The van der Waals surface area contributed by atoms with Gasteiger partial charge in [-0.2, -0.15) is 0 Å². The number of benzene rings is 2. The summed E-state index contributed by atoms with van der Waals surface area (Å²) in [7, 11) is 1.68. The van der Waals surface area contributed by atoms with Crippen molar-refractivity contribution >= 4 is 17.4 Å². The first-order valence-electron chi connectivity index (χ1n) is 8.85. The highest BCUT2D eigenvalue weighted by Gasteiger charge is 2.06. The van der Waals surface area contributed by atoms with Gasteiger partial charge in [-0.25, -0.2) is 4.98 Å². The summed E-state index contributed by atoms with van der Waals surface area (Å²) in [4.78, 5) is 16.6. The minimum absolute atomic E-state index is 0.141. The Morgan fingerprint density at radius 1 is 1.07 bits per heavy atom. The van der Waals surface area contributed by atoms with Crippen molar-refractivity contribution in [2.45, 2.75) is 13.3 Å². The van der Waals surface area contributed by atoms with E-state index in [0.717, 1.165) is 35.7 Å². The van der Waals surface area contributed by atoms with Crippen LogP contribution in [0.1, 0.15) is 21.5 Å². The molecule has 0 spiro atoms. The van der Waals surface area contributed by atoms with Crippen LogP contribution in [0.3, 0.4) is 0 Å². The zero-order valence-corrected chi connectivity index (χ0v) is 15.5. The van der Waals surface area contributed by atoms with Crippen molar-refractivity contribution in [3.63, 3.8) is 0 Å². The van der Waals surface area contributed by atoms with Crippen LogP contribution in [0.15, 0.2) is 66.9 Å². The Balaban J connectivity index is 1.53. The Bertz CT molecular complexity index is 907. The minimum Gasteiger partial charge on any atom is -0.496 e. The van der Waals surface area contributed by atoms with Crippen LogP contribution in [0.4, 0.5) is 11.5 Å². The van der Waals surface area contributed by atoms with Crippen molar-refractivity contribution in [2.24, 2.45) is 0 Å². The van der Waals surface area contributed by atoms with Crippen LogP contribution in [-0.2, 0) is 6.42 Å². The van der Waals surface area contributed by atoms with E-state index >= 15 is 0 Å². The van der Waals surface area contributed by atoms with E-state index in [1.54, 1.807) is 19.4 Å². The van der Waals surface area contributed by atoms with Crippen molar-refractivity contribution in [2.75, 3.05) is 24.3 Å². The molecule has 1 heterocycles.